The van der Waals surface area contributed by atoms with Crippen LogP contribution in [0.15, 0.2) is 18.2 Å². The normalized spacial score (nSPS) is 15.5. The Bertz CT molecular complexity index is 478. The smallest absolute Gasteiger partial charge is 0.113 e. The van der Waals surface area contributed by atoms with E-state index in [9.17, 15) is 5.11 Å². The highest BCUT2D eigenvalue weighted by Crippen LogP contribution is 2.27. The van der Waals surface area contributed by atoms with Gasteiger partial charge < -0.3 is 10.8 Å². The van der Waals surface area contributed by atoms with Gasteiger partial charge in [-0.05, 0) is 31.5 Å². The predicted octanol–water partition coefficient (Wildman–Crippen LogP) is 1.99. The Morgan fingerprint density at radius 2 is 2.20 bits per heavy atom. The number of fused-ring (bicyclic) bond motifs is 1. The number of aliphatic hydroxyl groups is 1. The van der Waals surface area contributed by atoms with Crippen LogP contribution in [0.2, 0.25) is 0 Å². The van der Waals surface area contributed by atoms with Gasteiger partial charge in [0.15, 0.2) is 0 Å². The second-order valence-corrected chi connectivity index (χ2v) is 4.85. The summed E-state index contributed by atoms with van der Waals surface area (Å²) in [6.07, 6.45) is -0.563. The van der Waals surface area contributed by atoms with Crippen molar-refractivity contribution in [2.45, 2.75) is 26.0 Å². The average molecular weight is 222 g/mol. The van der Waals surface area contributed by atoms with Crippen molar-refractivity contribution in [3.05, 3.63) is 28.8 Å². The van der Waals surface area contributed by atoms with Gasteiger partial charge in [0, 0.05) is 0 Å². The number of aromatic nitrogens is 1. The van der Waals surface area contributed by atoms with E-state index in [1.54, 1.807) is 18.3 Å². The molecular weight excluding hydrogens is 208 g/mol. The molecule has 0 aliphatic heterocycles. The van der Waals surface area contributed by atoms with Gasteiger partial charge in [0.2, 0.25) is 0 Å². The van der Waals surface area contributed by atoms with E-state index >= 15 is 0 Å². The molecule has 1 aromatic carbocycles. The molecule has 0 radical (unpaired) electrons. The Balaban J connectivity index is 2.47. The zero-order chi connectivity index (χ0) is 11.0. The summed E-state index contributed by atoms with van der Waals surface area (Å²) in [5.74, 6) is 0. The number of thiazole rings is 1. The van der Waals surface area contributed by atoms with Crippen molar-refractivity contribution in [1.82, 2.24) is 4.98 Å². The molecule has 2 aromatic rings. The fourth-order valence-corrected chi connectivity index (χ4v) is 2.45. The molecule has 0 bridgehead atoms. The van der Waals surface area contributed by atoms with Crippen molar-refractivity contribution in [2.24, 2.45) is 5.73 Å². The highest BCUT2D eigenvalue weighted by atomic mass is 32.1. The van der Waals surface area contributed by atoms with Crippen LogP contribution in [0, 0.1) is 6.92 Å². The van der Waals surface area contributed by atoms with Gasteiger partial charge in [-0.25, -0.2) is 4.98 Å². The largest absolute Gasteiger partial charge is 0.391 e. The molecule has 1 heterocycles. The van der Waals surface area contributed by atoms with E-state index in [4.69, 9.17) is 5.73 Å². The minimum Gasteiger partial charge on any atom is -0.391 e. The van der Waals surface area contributed by atoms with Crippen LogP contribution in [0.5, 0.6) is 0 Å². The summed E-state index contributed by atoms with van der Waals surface area (Å²) >= 11 is 1.55. The third kappa shape index (κ3) is 2.02. The molecule has 2 atom stereocenters. The first kappa shape index (κ1) is 10.5. The minimum atomic E-state index is -0.563. The van der Waals surface area contributed by atoms with E-state index in [1.807, 2.05) is 19.1 Å². The first-order chi connectivity index (χ1) is 7.08. The lowest BCUT2D eigenvalue weighted by Gasteiger charge is -2.10. The number of nitrogens with zero attached hydrogens (tertiary/aromatic N) is 1. The fourth-order valence-electron chi connectivity index (χ4n) is 1.40. The third-order valence-corrected chi connectivity index (χ3v) is 3.50. The van der Waals surface area contributed by atoms with Gasteiger partial charge in [-0.3, -0.25) is 0 Å². The van der Waals surface area contributed by atoms with Crippen molar-refractivity contribution in [2.75, 3.05) is 0 Å². The highest BCUT2D eigenvalue weighted by Gasteiger charge is 2.16. The minimum absolute atomic E-state index is 0.386. The second kappa shape index (κ2) is 3.89. The lowest BCUT2D eigenvalue weighted by atomic mass is 10.2. The third-order valence-electron chi connectivity index (χ3n) is 2.36. The van der Waals surface area contributed by atoms with Gasteiger partial charge in [-0.1, -0.05) is 6.07 Å². The molecule has 2 rings (SSSR count). The van der Waals surface area contributed by atoms with Crippen LogP contribution in [-0.2, 0) is 0 Å². The van der Waals surface area contributed by atoms with Crippen molar-refractivity contribution in [3.63, 3.8) is 0 Å². The standard InChI is InChI=1S/C11H14N2OS/c1-6-3-4-9-8(5-6)13-11(15-9)10(12)7(2)14/h3-5,7,10,14H,12H2,1-2H3. The van der Waals surface area contributed by atoms with Gasteiger partial charge in [0.1, 0.15) is 5.01 Å². The summed E-state index contributed by atoms with van der Waals surface area (Å²) in [6.45, 7) is 3.72. The van der Waals surface area contributed by atoms with Gasteiger partial charge in [0.05, 0.1) is 22.4 Å². The first-order valence-electron chi connectivity index (χ1n) is 4.88. The summed E-state index contributed by atoms with van der Waals surface area (Å²) in [5, 5.41) is 10.2. The molecule has 0 amide bonds. The first-order valence-corrected chi connectivity index (χ1v) is 5.70. The van der Waals surface area contributed by atoms with Crippen LogP contribution in [0.25, 0.3) is 10.2 Å². The van der Waals surface area contributed by atoms with Crippen LogP contribution in [0.1, 0.15) is 23.5 Å². The molecule has 3 nitrogen and oxygen atoms in total. The maximum Gasteiger partial charge on any atom is 0.113 e. The molecule has 80 valence electrons. The second-order valence-electron chi connectivity index (χ2n) is 3.79. The number of hydrogen-bond donors (Lipinski definition) is 2. The summed E-state index contributed by atoms with van der Waals surface area (Å²) in [7, 11) is 0. The molecular formula is C11H14N2OS. The van der Waals surface area contributed by atoms with Gasteiger partial charge >= 0.3 is 0 Å². The molecule has 2 unspecified atom stereocenters. The van der Waals surface area contributed by atoms with Crippen LogP contribution in [0.3, 0.4) is 0 Å². The molecule has 0 fully saturated rings. The number of rotatable bonds is 2. The SMILES string of the molecule is Cc1ccc2sc(C(N)C(C)O)nc2c1. The van der Waals surface area contributed by atoms with Gasteiger partial charge in [0.25, 0.3) is 0 Å². The molecule has 0 spiro atoms. The zero-order valence-corrected chi connectivity index (χ0v) is 9.58. The summed E-state index contributed by atoms with van der Waals surface area (Å²) in [6, 6.07) is 5.74. The highest BCUT2D eigenvalue weighted by molar-refractivity contribution is 7.18. The molecule has 4 heteroatoms. The quantitative estimate of drug-likeness (QED) is 0.817. The molecule has 0 aliphatic rings. The number of hydrogen-bond acceptors (Lipinski definition) is 4. The van der Waals surface area contributed by atoms with E-state index < -0.39 is 6.10 Å². The Morgan fingerprint density at radius 3 is 2.87 bits per heavy atom. The van der Waals surface area contributed by atoms with Crippen molar-refractivity contribution < 1.29 is 5.11 Å². The van der Waals surface area contributed by atoms with E-state index in [1.165, 1.54) is 5.56 Å². The summed E-state index contributed by atoms with van der Waals surface area (Å²) in [4.78, 5) is 4.43. The monoisotopic (exact) mass is 222 g/mol. The topological polar surface area (TPSA) is 59.1 Å². The lowest BCUT2D eigenvalue weighted by molar-refractivity contribution is 0.164. The van der Waals surface area contributed by atoms with Crippen molar-refractivity contribution >= 4 is 21.6 Å². The van der Waals surface area contributed by atoms with Crippen molar-refractivity contribution in [1.29, 1.82) is 0 Å². The van der Waals surface area contributed by atoms with Crippen LogP contribution in [0.4, 0.5) is 0 Å². The Morgan fingerprint density at radius 1 is 1.47 bits per heavy atom. The maximum absolute atomic E-state index is 9.40. The molecule has 15 heavy (non-hydrogen) atoms. The molecule has 0 saturated carbocycles. The summed E-state index contributed by atoms with van der Waals surface area (Å²) in [5.41, 5.74) is 7.99. The molecule has 3 N–H and O–H groups in total. The molecule has 1 aromatic heterocycles. The Hall–Kier alpha value is -0.970. The summed E-state index contributed by atoms with van der Waals surface area (Å²) < 4.78 is 1.12. The zero-order valence-electron chi connectivity index (χ0n) is 8.77. The van der Waals surface area contributed by atoms with E-state index in [0.717, 1.165) is 15.2 Å². The number of aliphatic hydroxyl groups excluding tert-OH is 1. The predicted molar refractivity (Wildman–Crippen MR) is 63.0 cm³/mol. The van der Waals surface area contributed by atoms with Crippen molar-refractivity contribution in [3.8, 4) is 0 Å². The Labute approximate surface area is 92.6 Å². The number of aryl methyl sites for hydroxylation is 1. The number of nitrogens with two attached hydrogens (primary N) is 1. The van der Waals surface area contributed by atoms with Gasteiger partial charge in [-0.2, -0.15) is 0 Å². The maximum atomic E-state index is 9.40. The van der Waals surface area contributed by atoms with E-state index in [-0.39, 0.29) is 6.04 Å². The van der Waals surface area contributed by atoms with Crippen LogP contribution < -0.4 is 5.73 Å². The number of benzene rings is 1. The van der Waals surface area contributed by atoms with E-state index in [2.05, 4.69) is 11.1 Å². The Kier molecular flexibility index (Phi) is 2.73. The van der Waals surface area contributed by atoms with Gasteiger partial charge in [-0.15, -0.1) is 11.3 Å². The average Bonchev–Trinajstić information content (AvgIpc) is 2.58. The lowest BCUT2D eigenvalue weighted by Crippen LogP contribution is -2.22. The fraction of sp³-hybridized carbons (Fsp3) is 0.364. The van der Waals surface area contributed by atoms with Crippen LogP contribution >= 0.6 is 11.3 Å². The molecule has 0 saturated heterocycles. The molecule has 0 aliphatic carbocycles. The van der Waals surface area contributed by atoms with Crippen LogP contribution in [-0.4, -0.2) is 16.2 Å². The van der Waals surface area contributed by atoms with E-state index in [0.29, 0.717) is 0 Å².